The Bertz CT molecular complexity index is 7490. The standard InChI is InChI=1S/C53H33N5.C42H24N4S/c1-3-16-34(17-4-1)38-31-47(35-18-5-2-6-19-35)54-48(32-38)37-21-15-20-36(30-37)43-33-44-40-23-10-13-28-49(40)57(51(44)41-24-8-7-22-39(41)43)53-56-45-26-11-9-25-42(45)52-55-46-27-12-14-29-50(46)58(52)53;1-2-14-29-26(11-1)31(25-21-22-39-32(23-25)28-13-5-10-20-38(28)47-39)24-33-27-12-4-8-18-36(27)45(40(29)33)42-44-34-16-6-3-15-30(34)41-43-35-17-7-9-19-37(35)46(41)42/h1-33H;1-24H. The van der Waals surface area contributed by atoms with E-state index in [9.17, 15) is 0 Å². The number of thiophene rings is 1. The molecule has 15 aromatic carbocycles. The molecule has 105 heavy (non-hydrogen) atoms. The summed E-state index contributed by atoms with van der Waals surface area (Å²) in [5.74, 6) is 1.65. The monoisotopic (exact) mass is 1360 g/mol. The molecule has 23 aromatic rings. The summed E-state index contributed by atoms with van der Waals surface area (Å²) in [6.45, 7) is 0. The highest BCUT2D eigenvalue weighted by atomic mass is 32.1. The lowest BCUT2D eigenvalue weighted by molar-refractivity contribution is 0.981. The van der Waals surface area contributed by atoms with E-state index in [4.69, 9.17) is 24.9 Å². The van der Waals surface area contributed by atoms with Gasteiger partial charge in [0.2, 0.25) is 11.9 Å². The maximum Gasteiger partial charge on any atom is 0.221 e. The smallest absolute Gasteiger partial charge is 0.221 e. The first-order valence-electron chi connectivity index (χ1n) is 35.5. The number of imidazole rings is 2. The van der Waals surface area contributed by atoms with E-state index in [1.807, 2.05) is 23.5 Å². The molecule has 0 fully saturated rings. The zero-order chi connectivity index (χ0) is 68.8. The molecular weight excluding hydrogens is 1300 g/mol. The molecule has 0 aliphatic rings. The lowest BCUT2D eigenvalue weighted by Crippen LogP contribution is -2.06. The van der Waals surface area contributed by atoms with Gasteiger partial charge in [0.05, 0.1) is 66.6 Å². The van der Waals surface area contributed by atoms with Crippen molar-refractivity contribution in [2.45, 2.75) is 0 Å². The molecule has 0 unspecified atom stereocenters. The first kappa shape index (κ1) is 58.8. The van der Waals surface area contributed by atoms with Gasteiger partial charge in [0.15, 0.2) is 0 Å². The van der Waals surface area contributed by atoms with Gasteiger partial charge in [-0.3, -0.25) is 17.9 Å². The molecule has 0 saturated carbocycles. The lowest BCUT2D eigenvalue weighted by Gasteiger charge is -2.15. The van der Waals surface area contributed by atoms with Crippen LogP contribution >= 0.6 is 11.3 Å². The molecule has 0 spiro atoms. The van der Waals surface area contributed by atoms with E-state index in [1.54, 1.807) is 0 Å². The summed E-state index contributed by atoms with van der Waals surface area (Å²) >= 11 is 1.86. The fourth-order valence-electron chi connectivity index (χ4n) is 16.5. The molecule has 488 valence electrons. The third kappa shape index (κ3) is 9.17. The van der Waals surface area contributed by atoms with Gasteiger partial charge in [0, 0.05) is 74.4 Å². The number of rotatable bonds is 7. The summed E-state index contributed by atoms with van der Waals surface area (Å²) < 4.78 is 11.8. The molecular formula is C95H57N9S. The van der Waals surface area contributed by atoms with Crippen molar-refractivity contribution in [2.75, 3.05) is 0 Å². The van der Waals surface area contributed by atoms with Crippen molar-refractivity contribution >= 4 is 152 Å². The third-order valence-electron chi connectivity index (χ3n) is 21.2. The number of pyridine rings is 1. The number of fused-ring (bicyclic) bond motifs is 23. The molecule has 0 N–H and O–H groups in total. The van der Waals surface area contributed by atoms with E-state index in [-0.39, 0.29) is 0 Å². The number of benzene rings is 15. The van der Waals surface area contributed by atoms with Crippen LogP contribution in [0.4, 0.5) is 0 Å². The van der Waals surface area contributed by atoms with Crippen molar-refractivity contribution in [3.8, 4) is 67.8 Å². The van der Waals surface area contributed by atoms with Gasteiger partial charge < -0.3 is 0 Å². The molecule has 10 heteroatoms. The van der Waals surface area contributed by atoms with Crippen molar-refractivity contribution in [1.82, 2.24) is 42.9 Å². The Kier molecular flexibility index (Phi) is 13.1. The van der Waals surface area contributed by atoms with Gasteiger partial charge in [-0.1, -0.05) is 237 Å². The fourth-order valence-corrected chi connectivity index (χ4v) is 17.6. The minimum atomic E-state index is 0.812. The minimum Gasteiger partial charge on any atom is -0.278 e. The van der Waals surface area contributed by atoms with Gasteiger partial charge in [-0.2, -0.15) is 0 Å². The van der Waals surface area contributed by atoms with Crippen molar-refractivity contribution in [1.29, 1.82) is 0 Å². The second kappa shape index (κ2) is 23.3. The normalized spacial score (nSPS) is 12.0. The minimum absolute atomic E-state index is 0.812. The van der Waals surface area contributed by atoms with Crippen molar-refractivity contribution < 1.29 is 0 Å². The molecule has 9 nitrogen and oxygen atoms in total. The highest BCUT2D eigenvalue weighted by Crippen LogP contribution is 2.47. The van der Waals surface area contributed by atoms with Crippen LogP contribution in [0.3, 0.4) is 0 Å². The zero-order valence-electron chi connectivity index (χ0n) is 56.3. The maximum atomic E-state index is 5.44. The molecule has 23 rings (SSSR count). The van der Waals surface area contributed by atoms with Crippen LogP contribution in [0, 0.1) is 0 Å². The van der Waals surface area contributed by atoms with Crippen LogP contribution in [0.1, 0.15) is 0 Å². The highest BCUT2D eigenvalue weighted by Gasteiger charge is 2.26. The Balaban J connectivity index is 0.000000134. The van der Waals surface area contributed by atoms with E-state index < -0.39 is 0 Å². The SMILES string of the molecule is c1ccc(-c2cc(-c3ccccc3)nc(-c3cccc(-c4cc5c6ccccc6n(-c6nc7ccccc7c7nc8ccccc8n67)c5c5ccccc45)c3)c2)cc1.c1ccc2c(c1)nc(-n1c3ccccc3c3cc(-c4ccc5sc6ccccc6c5c4)c4ccccc4c31)n1c3ccccc3nc21. The third-order valence-corrected chi connectivity index (χ3v) is 22.3. The fraction of sp³-hybridized carbons (Fsp3) is 0. The maximum absolute atomic E-state index is 5.44. The topological polar surface area (TPSA) is 83.1 Å². The molecule has 0 radical (unpaired) electrons. The Morgan fingerprint density at radius 2 is 0.610 bits per heavy atom. The Morgan fingerprint density at radius 3 is 1.16 bits per heavy atom. The second-order valence-corrected chi connectivity index (χ2v) is 28.1. The average molecular weight is 1360 g/mol. The van der Waals surface area contributed by atoms with Gasteiger partial charge in [-0.25, -0.2) is 24.9 Å². The predicted octanol–water partition coefficient (Wildman–Crippen LogP) is 24.7. The van der Waals surface area contributed by atoms with Crippen LogP contribution in [0.15, 0.2) is 346 Å². The van der Waals surface area contributed by atoms with Crippen molar-refractivity contribution in [3.05, 3.63) is 346 Å². The summed E-state index contributed by atoms with van der Waals surface area (Å²) in [6.07, 6.45) is 0. The summed E-state index contributed by atoms with van der Waals surface area (Å²) in [5, 5.41) is 14.2. The molecule has 0 aliphatic heterocycles. The molecule has 8 heterocycles. The zero-order valence-corrected chi connectivity index (χ0v) is 57.2. The van der Waals surface area contributed by atoms with Crippen LogP contribution in [0.5, 0.6) is 0 Å². The average Bonchev–Trinajstić information content (AvgIpc) is 1.57. The van der Waals surface area contributed by atoms with Gasteiger partial charge in [0.1, 0.15) is 11.3 Å². The Labute approximate surface area is 604 Å². The first-order valence-corrected chi connectivity index (χ1v) is 36.3. The van der Waals surface area contributed by atoms with E-state index in [0.29, 0.717) is 0 Å². The Hall–Kier alpha value is -13.9. The van der Waals surface area contributed by atoms with E-state index >= 15 is 0 Å². The van der Waals surface area contributed by atoms with Crippen molar-refractivity contribution in [3.63, 3.8) is 0 Å². The van der Waals surface area contributed by atoms with Crippen LogP contribution in [0.25, 0.3) is 208 Å². The van der Waals surface area contributed by atoms with Gasteiger partial charge in [-0.05, 0) is 153 Å². The highest BCUT2D eigenvalue weighted by molar-refractivity contribution is 7.25. The summed E-state index contributed by atoms with van der Waals surface area (Å²) in [7, 11) is 0. The van der Waals surface area contributed by atoms with E-state index in [1.165, 1.54) is 63.8 Å². The molecule has 0 amide bonds. The second-order valence-electron chi connectivity index (χ2n) is 27.1. The van der Waals surface area contributed by atoms with Gasteiger partial charge in [-0.15, -0.1) is 11.3 Å². The first-order chi connectivity index (χ1) is 52.1. The molecule has 0 aliphatic carbocycles. The van der Waals surface area contributed by atoms with Crippen LogP contribution in [-0.2, 0) is 0 Å². The predicted molar refractivity (Wildman–Crippen MR) is 438 cm³/mol. The number of hydrogen-bond donors (Lipinski definition) is 0. The molecule has 8 aromatic heterocycles. The van der Waals surface area contributed by atoms with Gasteiger partial charge in [0.25, 0.3) is 0 Å². The van der Waals surface area contributed by atoms with Crippen LogP contribution in [-0.4, -0.2) is 42.9 Å². The van der Waals surface area contributed by atoms with Crippen LogP contribution < -0.4 is 0 Å². The number of hydrogen-bond acceptors (Lipinski definition) is 6. The van der Waals surface area contributed by atoms with E-state index in [0.717, 1.165) is 144 Å². The molecule has 0 atom stereocenters. The van der Waals surface area contributed by atoms with Crippen molar-refractivity contribution in [2.24, 2.45) is 0 Å². The largest absolute Gasteiger partial charge is 0.278 e. The Morgan fingerprint density at radius 1 is 0.210 bits per heavy atom. The summed E-state index contributed by atoms with van der Waals surface area (Å²) in [5.41, 5.74) is 23.2. The van der Waals surface area contributed by atoms with Crippen LogP contribution in [0.2, 0.25) is 0 Å². The summed E-state index contributed by atoms with van der Waals surface area (Å²) in [6, 6.07) is 123. The van der Waals surface area contributed by atoms with E-state index in [2.05, 4.69) is 352 Å². The summed E-state index contributed by atoms with van der Waals surface area (Å²) in [4.78, 5) is 26.4. The number of nitrogens with zero attached hydrogens (tertiary/aromatic N) is 9. The molecule has 0 saturated heterocycles. The molecule has 0 bridgehead atoms. The lowest BCUT2D eigenvalue weighted by atomic mass is 9.93. The quantitative estimate of drug-likeness (QED) is 0.159. The number of para-hydroxylation sites is 8. The van der Waals surface area contributed by atoms with Gasteiger partial charge >= 0.3 is 0 Å². The number of aromatic nitrogens is 9.